The number of nitrogens with one attached hydrogen (secondary N) is 1. The molecule has 0 radical (unpaired) electrons. The smallest absolute Gasteiger partial charge is 0.258 e. The molecule has 1 heterocycles. The summed E-state index contributed by atoms with van der Waals surface area (Å²) in [6.45, 7) is 1.36. The highest BCUT2D eigenvalue weighted by atomic mass is 16.1. The number of carbonyl (C=O) groups excluding carboxylic acids is 2. The molecule has 0 fully saturated rings. The molecule has 1 N–H and O–H groups in total. The minimum Gasteiger partial charge on any atom is -0.328 e. The van der Waals surface area contributed by atoms with Crippen LogP contribution in [0.1, 0.15) is 27.6 Å². The summed E-state index contributed by atoms with van der Waals surface area (Å²) in [6.07, 6.45) is 1.71. The first-order valence-corrected chi connectivity index (χ1v) is 3.34. The minimum absolute atomic E-state index is 0.0253. The molecular formula is C8H7NO3. The van der Waals surface area contributed by atoms with Gasteiger partial charge in [-0.3, -0.25) is 14.4 Å². The second-order valence-corrected chi connectivity index (χ2v) is 2.35. The Hall–Kier alpha value is -1.71. The van der Waals surface area contributed by atoms with Crippen LogP contribution >= 0.6 is 0 Å². The molecule has 62 valence electrons. The molecule has 0 aliphatic carbocycles. The van der Waals surface area contributed by atoms with Gasteiger partial charge in [0.05, 0.1) is 5.56 Å². The number of carbonyl (C=O) groups is 2. The number of H-pyrrole nitrogens is 1. The summed E-state index contributed by atoms with van der Waals surface area (Å²) >= 11 is 0. The maximum Gasteiger partial charge on any atom is 0.258 e. The van der Waals surface area contributed by atoms with E-state index in [1.54, 1.807) is 0 Å². The lowest BCUT2D eigenvalue weighted by molar-refractivity contribution is 0.101. The fourth-order valence-electron chi connectivity index (χ4n) is 0.792. The standard InChI is InChI=1S/C8H7NO3/c1-5(11)6-2-7(4-10)8(12)9-3-6/h2-4H,1H3,(H,9,12). The average molecular weight is 165 g/mol. The van der Waals surface area contributed by atoms with E-state index in [0.717, 1.165) is 0 Å². The summed E-state index contributed by atoms with van der Waals surface area (Å²) in [6, 6.07) is 1.27. The van der Waals surface area contributed by atoms with Crippen LogP contribution in [-0.2, 0) is 0 Å². The Morgan fingerprint density at radius 2 is 2.25 bits per heavy atom. The number of Topliss-reactive ketones (excluding diaryl/α,β-unsaturated/α-hetero) is 1. The third-order valence-electron chi connectivity index (χ3n) is 1.47. The summed E-state index contributed by atoms with van der Waals surface area (Å²) in [5.74, 6) is -0.186. The van der Waals surface area contributed by atoms with Crippen molar-refractivity contribution in [3.63, 3.8) is 0 Å². The predicted molar refractivity (Wildman–Crippen MR) is 42.5 cm³/mol. The van der Waals surface area contributed by atoms with Gasteiger partial charge in [-0.25, -0.2) is 0 Å². The van der Waals surface area contributed by atoms with Crippen molar-refractivity contribution in [1.82, 2.24) is 4.98 Å². The molecule has 0 saturated heterocycles. The first kappa shape index (κ1) is 8.39. The fourth-order valence-corrected chi connectivity index (χ4v) is 0.792. The zero-order valence-corrected chi connectivity index (χ0v) is 6.46. The highest BCUT2D eigenvalue weighted by Gasteiger charge is 2.02. The lowest BCUT2D eigenvalue weighted by Gasteiger charge is -1.94. The van der Waals surface area contributed by atoms with E-state index in [0.29, 0.717) is 11.8 Å². The lowest BCUT2D eigenvalue weighted by atomic mass is 10.1. The molecule has 0 spiro atoms. The predicted octanol–water partition coefficient (Wildman–Crippen LogP) is 0.390. The van der Waals surface area contributed by atoms with E-state index < -0.39 is 5.56 Å². The largest absolute Gasteiger partial charge is 0.328 e. The van der Waals surface area contributed by atoms with Gasteiger partial charge < -0.3 is 4.98 Å². The molecule has 1 rings (SSSR count). The molecule has 0 aliphatic rings. The lowest BCUT2D eigenvalue weighted by Crippen LogP contribution is -2.12. The third kappa shape index (κ3) is 1.47. The second-order valence-electron chi connectivity index (χ2n) is 2.35. The fraction of sp³-hybridized carbons (Fsp3) is 0.125. The number of hydrogen-bond acceptors (Lipinski definition) is 3. The van der Waals surface area contributed by atoms with Crippen LogP contribution in [0.5, 0.6) is 0 Å². The second kappa shape index (κ2) is 3.13. The van der Waals surface area contributed by atoms with E-state index >= 15 is 0 Å². The zero-order valence-electron chi connectivity index (χ0n) is 6.46. The maximum atomic E-state index is 10.8. The molecule has 4 heteroatoms. The number of aromatic nitrogens is 1. The van der Waals surface area contributed by atoms with Gasteiger partial charge in [-0.15, -0.1) is 0 Å². The van der Waals surface area contributed by atoms with Crippen molar-refractivity contribution in [2.24, 2.45) is 0 Å². The van der Waals surface area contributed by atoms with E-state index in [4.69, 9.17) is 0 Å². The highest BCUT2D eigenvalue weighted by Crippen LogP contribution is 1.96. The first-order chi connectivity index (χ1) is 5.65. The Morgan fingerprint density at radius 1 is 1.58 bits per heavy atom. The molecule has 0 bridgehead atoms. The molecule has 0 unspecified atom stereocenters. The summed E-state index contributed by atoms with van der Waals surface area (Å²) < 4.78 is 0. The normalized spacial score (nSPS) is 9.42. The van der Waals surface area contributed by atoms with Crippen molar-refractivity contribution in [1.29, 1.82) is 0 Å². The van der Waals surface area contributed by atoms with E-state index in [2.05, 4.69) is 4.98 Å². The number of hydrogen-bond donors (Lipinski definition) is 1. The van der Waals surface area contributed by atoms with Gasteiger partial charge >= 0.3 is 0 Å². The highest BCUT2D eigenvalue weighted by molar-refractivity contribution is 5.95. The molecule has 0 aliphatic heterocycles. The van der Waals surface area contributed by atoms with Gasteiger partial charge in [-0.2, -0.15) is 0 Å². The maximum absolute atomic E-state index is 10.8. The van der Waals surface area contributed by atoms with Gasteiger partial charge in [0, 0.05) is 11.8 Å². The van der Waals surface area contributed by atoms with Crippen LogP contribution in [-0.4, -0.2) is 17.1 Å². The van der Waals surface area contributed by atoms with Crippen LogP contribution in [0.3, 0.4) is 0 Å². The molecule has 1 aromatic heterocycles. The van der Waals surface area contributed by atoms with E-state index in [1.807, 2.05) is 0 Å². The van der Waals surface area contributed by atoms with Crippen LogP contribution in [0.4, 0.5) is 0 Å². The molecule has 4 nitrogen and oxygen atoms in total. The van der Waals surface area contributed by atoms with Crippen molar-refractivity contribution < 1.29 is 9.59 Å². The van der Waals surface area contributed by atoms with Crippen LogP contribution in [0.25, 0.3) is 0 Å². The van der Waals surface area contributed by atoms with Gasteiger partial charge in [-0.05, 0) is 13.0 Å². The molecular weight excluding hydrogens is 158 g/mol. The van der Waals surface area contributed by atoms with Gasteiger partial charge in [0.15, 0.2) is 12.1 Å². The topological polar surface area (TPSA) is 67.0 Å². The van der Waals surface area contributed by atoms with Crippen molar-refractivity contribution in [3.8, 4) is 0 Å². The third-order valence-corrected chi connectivity index (χ3v) is 1.47. The molecule has 12 heavy (non-hydrogen) atoms. The Morgan fingerprint density at radius 3 is 2.75 bits per heavy atom. The summed E-state index contributed by atoms with van der Waals surface area (Å²) in [7, 11) is 0. The number of aldehydes is 1. The Balaban J connectivity index is 3.32. The molecule has 0 atom stereocenters. The molecule has 0 saturated carbocycles. The zero-order chi connectivity index (χ0) is 9.14. The monoisotopic (exact) mass is 165 g/mol. The Kier molecular flexibility index (Phi) is 2.19. The average Bonchev–Trinajstić information content (AvgIpc) is 2.05. The number of ketones is 1. The summed E-state index contributed by atoms with van der Waals surface area (Å²) in [5, 5.41) is 0. The number of aromatic amines is 1. The Bertz CT molecular complexity index is 378. The van der Waals surface area contributed by atoms with Gasteiger partial charge in [0.1, 0.15) is 0 Å². The van der Waals surface area contributed by atoms with Crippen molar-refractivity contribution >= 4 is 12.1 Å². The van der Waals surface area contributed by atoms with Crippen LogP contribution in [0.15, 0.2) is 17.1 Å². The van der Waals surface area contributed by atoms with Crippen molar-refractivity contribution in [2.75, 3.05) is 0 Å². The van der Waals surface area contributed by atoms with Crippen molar-refractivity contribution in [2.45, 2.75) is 6.92 Å². The molecule has 1 aromatic rings. The SMILES string of the molecule is CC(=O)c1c[nH]c(=O)c(C=O)c1. The van der Waals surface area contributed by atoms with Crippen LogP contribution in [0.2, 0.25) is 0 Å². The van der Waals surface area contributed by atoms with E-state index in [1.165, 1.54) is 19.2 Å². The van der Waals surface area contributed by atoms with Crippen LogP contribution in [0, 0.1) is 0 Å². The summed E-state index contributed by atoms with van der Waals surface area (Å²) in [4.78, 5) is 34.2. The van der Waals surface area contributed by atoms with Crippen molar-refractivity contribution in [3.05, 3.63) is 33.7 Å². The van der Waals surface area contributed by atoms with Crippen LogP contribution < -0.4 is 5.56 Å². The number of rotatable bonds is 2. The minimum atomic E-state index is -0.477. The molecule has 0 aromatic carbocycles. The van der Waals surface area contributed by atoms with E-state index in [9.17, 15) is 14.4 Å². The van der Waals surface area contributed by atoms with Gasteiger partial charge in [-0.1, -0.05) is 0 Å². The molecule has 0 amide bonds. The first-order valence-electron chi connectivity index (χ1n) is 3.34. The Labute approximate surface area is 68.2 Å². The van der Waals surface area contributed by atoms with E-state index in [-0.39, 0.29) is 11.3 Å². The summed E-state index contributed by atoms with van der Waals surface area (Å²) in [5.41, 5.74) is -0.172. The number of pyridine rings is 1. The quantitative estimate of drug-likeness (QED) is 0.509. The van der Waals surface area contributed by atoms with Gasteiger partial charge in [0.2, 0.25) is 0 Å². The van der Waals surface area contributed by atoms with Gasteiger partial charge in [0.25, 0.3) is 5.56 Å².